The number of H-pyrrole nitrogens is 1. The highest BCUT2D eigenvalue weighted by Gasteiger charge is 2.11. The predicted molar refractivity (Wildman–Crippen MR) is 86.4 cm³/mol. The summed E-state index contributed by atoms with van der Waals surface area (Å²) in [7, 11) is 0. The van der Waals surface area contributed by atoms with Crippen molar-refractivity contribution in [2.24, 2.45) is 15.2 Å². The first-order valence-electron chi connectivity index (χ1n) is 7.24. The number of carbonyl (C=O) groups is 1. The topological polar surface area (TPSA) is 109 Å². The molecule has 0 atom stereocenters. The van der Waals surface area contributed by atoms with Gasteiger partial charge in [-0.1, -0.05) is 47.6 Å². The number of rotatable bonds is 4. The number of urea groups is 1. The minimum Gasteiger partial charge on any atom is -0.242 e. The number of nitrogens with zero attached hydrogens (tertiary/aromatic N) is 6. The highest BCUT2D eigenvalue weighted by molar-refractivity contribution is 5.99. The van der Waals surface area contributed by atoms with Crippen LogP contribution in [0.3, 0.4) is 0 Å². The van der Waals surface area contributed by atoms with Gasteiger partial charge < -0.3 is 0 Å². The molecule has 0 aliphatic carbocycles. The molecule has 0 radical (unpaired) electrons. The molecule has 116 valence electrons. The van der Waals surface area contributed by atoms with E-state index in [4.69, 9.17) is 0 Å². The van der Waals surface area contributed by atoms with Gasteiger partial charge >= 0.3 is 6.03 Å². The van der Waals surface area contributed by atoms with Crippen LogP contribution in [0.2, 0.25) is 0 Å². The molecule has 1 aromatic heterocycles. The summed E-state index contributed by atoms with van der Waals surface area (Å²) in [6.45, 7) is 0. The fourth-order valence-electron chi connectivity index (χ4n) is 2.45. The monoisotopic (exact) mass is 317 g/mol. The zero-order valence-corrected chi connectivity index (χ0v) is 12.4. The quantitative estimate of drug-likeness (QED) is 0.797. The van der Waals surface area contributed by atoms with E-state index in [-0.39, 0.29) is 0 Å². The Morgan fingerprint density at radius 1 is 0.917 bits per heavy atom. The summed E-state index contributed by atoms with van der Waals surface area (Å²) in [6.07, 6.45) is 0.485. The zero-order chi connectivity index (χ0) is 16.4. The summed E-state index contributed by atoms with van der Waals surface area (Å²) in [6, 6.07) is 15.4. The van der Waals surface area contributed by atoms with E-state index in [1.165, 1.54) is 0 Å². The Balaban J connectivity index is 1.57. The van der Waals surface area contributed by atoms with Gasteiger partial charge in [-0.2, -0.15) is 10.2 Å². The molecule has 2 amide bonds. The van der Waals surface area contributed by atoms with Crippen LogP contribution in [0.4, 0.5) is 4.79 Å². The Morgan fingerprint density at radius 2 is 1.75 bits per heavy atom. The maximum atomic E-state index is 10.9. The molecule has 0 bridgehead atoms. The fourth-order valence-corrected chi connectivity index (χ4v) is 2.45. The molecule has 1 aliphatic rings. The number of tetrazole rings is 1. The zero-order valence-electron chi connectivity index (χ0n) is 12.4. The lowest BCUT2D eigenvalue weighted by atomic mass is 10.0. The molecule has 8 heteroatoms. The van der Waals surface area contributed by atoms with Crippen LogP contribution in [-0.4, -0.2) is 32.5 Å². The highest BCUT2D eigenvalue weighted by Crippen LogP contribution is 2.24. The number of azo groups is 1. The largest absolute Gasteiger partial charge is 0.387 e. The van der Waals surface area contributed by atoms with E-state index in [9.17, 15) is 4.79 Å². The predicted octanol–water partition coefficient (Wildman–Crippen LogP) is 3.06. The van der Waals surface area contributed by atoms with Crippen molar-refractivity contribution in [3.05, 3.63) is 54.1 Å². The lowest BCUT2D eigenvalue weighted by Crippen LogP contribution is -1.97. The van der Waals surface area contributed by atoms with Crippen molar-refractivity contribution in [3.63, 3.8) is 0 Å². The molecular weight excluding hydrogens is 306 g/mol. The molecule has 2 aromatic carbocycles. The van der Waals surface area contributed by atoms with E-state index in [2.05, 4.69) is 35.8 Å². The van der Waals surface area contributed by atoms with Crippen molar-refractivity contribution in [1.82, 2.24) is 20.6 Å². The van der Waals surface area contributed by atoms with Gasteiger partial charge in [-0.05, 0) is 28.0 Å². The van der Waals surface area contributed by atoms with E-state index >= 15 is 0 Å². The summed E-state index contributed by atoms with van der Waals surface area (Å²) in [5.74, 6) is 0.995. The first-order chi connectivity index (χ1) is 11.8. The van der Waals surface area contributed by atoms with Crippen LogP contribution in [0.1, 0.15) is 5.56 Å². The van der Waals surface area contributed by atoms with Gasteiger partial charge in [-0.25, -0.2) is 4.79 Å². The number of amides is 2. The third kappa shape index (κ3) is 2.84. The Morgan fingerprint density at radius 3 is 2.46 bits per heavy atom. The molecular formula is C16H11N7O. The van der Waals surface area contributed by atoms with E-state index in [1.807, 2.05) is 48.5 Å². The first-order valence-corrected chi connectivity index (χ1v) is 7.24. The van der Waals surface area contributed by atoms with E-state index in [1.54, 1.807) is 0 Å². The van der Waals surface area contributed by atoms with Gasteiger partial charge in [0.2, 0.25) is 5.82 Å². The molecule has 1 aliphatic heterocycles. The minimum atomic E-state index is -0.542. The van der Waals surface area contributed by atoms with Crippen molar-refractivity contribution in [2.45, 2.75) is 6.42 Å². The van der Waals surface area contributed by atoms with Crippen LogP contribution in [0.5, 0.6) is 0 Å². The second-order valence-corrected chi connectivity index (χ2v) is 5.20. The van der Waals surface area contributed by atoms with Crippen LogP contribution in [0, 0.1) is 0 Å². The number of nitrogens with one attached hydrogen (secondary N) is 1. The maximum absolute atomic E-state index is 10.9. The normalized spacial score (nSPS) is 13.3. The van der Waals surface area contributed by atoms with Gasteiger partial charge in [-0.3, -0.25) is 0 Å². The Kier molecular flexibility index (Phi) is 3.47. The van der Waals surface area contributed by atoms with Crippen LogP contribution in [0.25, 0.3) is 22.5 Å². The average molecular weight is 317 g/mol. The number of aromatic nitrogens is 4. The molecule has 1 N–H and O–H groups in total. The Bertz CT molecular complexity index is 943. The summed E-state index contributed by atoms with van der Waals surface area (Å²) in [5, 5.41) is 21.1. The highest BCUT2D eigenvalue weighted by atomic mass is 16.2. The van der Waals surface area contributed by atoms with Crippen molar-refractivity contribution in [2.75, 3.05) is 0 Å². The summed E-state index contributed by atoms with van der Waals surface area (Å²) >= 11 is 0. The van der Waals surface area contributed by atoms with Crippen LogP contribution in [-0.2, 0) is 6.42 Å². The number of aromatic amines is 1. The van der Waals surface area contributed by atoms with Crippen LogP contribution in [0.15, 0.2) is 63.8 Å². The molecule has 4 rings (SSSR count). The summed E-state index contributed by atoms with van der Waals surface area (Å²) in [5.41, 5.74) is 4.03. The molecule has 2 heterocycles. The van der Waals surface area contributed by atoms with Crippen molar-refractivity contribution in [1.29, 1.82) is 0 Å². The maximum Gasteiger partial charge on any atom is 0.387 e. The second-order valence-electron chi connectivity index (χ2n) is 5.20. The average Bonchev–Trinajstić information content (AvgIpc) is 3.28. The van der Waals surface area contributed by atoms with Crippen molar-refractivity contribution < 1.29 is 4.79 Å². The first kappa shape index (κ1) is 14.1. The third-order valence-electron chi connectivity index (χ3n) is 3.59. The van der Waals surface area contributed by atoms with Gasteiger partial charge in [0.05, 0.1) is 0 Å². The molecule has 0 unspecified atom stereocenters. The molecule has 0 saturated heterocycles. The van der Waals surface area contributed by atoms with Gasteiger partial charge in [0.15, 0.2) is 5.84 Å². The number of benzene rings is 2. The number of aliphatic imine (C=N–C) groups is 1. The van der Waals surface area contributed by atoms with Gasteiger partial charge in [0, 0.05) is 12.0 Å². The standard InChI is InChI=1S/C16H11N7O/c24-16-17-14(18-21-16)8-10-4-6-11(7-5-10)12-2-1-3-13(9-12)15-19-22-23-20-15/h1-7,9H,8H2,(H,19,20,22,23). The fraction of sp³-hybridized carbons (Fsp3) is 0.0625. The molecule has 0 spiro atoms. The Labute approximate surface area is 136 Å². The number of hydrogen-bond donors (Lipinski definition) is 1. The van der Waals surface area contributed by atoms with Gasteiger partial charge in [-0.15, -0.1) is 15.3 Å². The van der Waals surface area contributed by atoms with E-state index in [0.29, 0.717) is 18.1 Å². The molecule has 0 saturated carbocycles. The second kappa shape index (κ2) is 5.92. The van der Waals surface area contributed by atoms with Crippen molar-refractivity contribution in [3.8, 4) is 22.5 Å². The SMILES string of the molecule is O=C1N=NC(Cc2ccc(-c3cccc(-c4nn[nH]n4)c3)cc2)=N1. The molecule has 24 heavy (non-hydrogen) atoms. The lowest BCUT2D eigenvalue weighted by molar-refractivity contribution is 0.257. The lowest BCUT2D eigenvalue weighted by Gasteiger charge is -2.05. The number of hydrogen-bond acceptors (Lipinski definition) is 5. The Hall–Kier alpha value is -3.55. The van der Waals surface area contributed by atoms with Crippen LogP contribution >= 0.6 is 0 Å². The molecule has 3 aromatic rings. The van der Waals surface area contributed by atoms with E-state index < -0.39 is 6.03 Å². The summed E-state index contributed by atoms with van der Waals surface area (Å²) in [4.78, 5) is 14.7. The molecule has 8 nitrogen and oxygen atoms in total. The van der Waals surface area contributed by atoms with Gasteiger partial charge in [0.1, 0.15) is 0 Å². The molecule has 0 fully saturated rings. The van der Waals surface area contributed by atoms with Crippen molar-refractivity contribution >= 4 is 11.9 Å². The number of amidine groups is 1. The minimum absolute atomic E-state index is 0.437. The van der Waals surface area contributed by atoms with Gasteiger partial charge in [0.25, 0.3) is 0 Å². The summed E-state index contributed by atoms with van der Waals surface area (Å²) < 4.78 is 0. The third-order valence-corrected chi connectivity index (χ3v) is 3.59. The smallest absolute Gasteiger partial charge is 0.242 e. The number of carbonyl (C=O) groups excluding carboxylic acids is 1. The van der Waals surface area contributed by atoms with Crippen LogP contribution < -0.4 is 0 Å². The van der Waals surface area contributed by atoms with E-state index in [0.717, 1.165) is 22.3 Å².